The number of nitrogens with zero attached hydrogens (tertiary/aromatic N) is 1. The minimum Gasteiger partial charge on any atom is -0.462 e. The molecule has 0 spiro atoms. The zero-order valence-electron chi connectivity index (χ0n) is 15.6. The number of benzene rings is 1. The Balaban J connectivity index is 2.02. The van der Waals surface area contributed by atoms with Gasteiger partial charge in [0.25, 0.3) is 0 Å². The van der Waals surface area contributed by atoms with Crippen LogP contribution in [0, 0.1) is 13.8 Å². The quantitative estimate of drug-likeness (QED) is 0.530. The van der Waals surface area contributed by atoms with Crippen LogP contribution in [0.1, 0.15) is 33.4 Å². The minimum atomic E-state index is -0.492. The maximum absolute atomic E-state index is 12.7. The summed E-state index contributed by atoms with van der Waals surface area (Å²) in [5.41, 5.74) is 2.70. The molecule has 3 rings (SSSR count). The number of aromatic nitrogens is 1. The third kappa shape index (κ3) is 4.14. The van der Waals surface area contributed by atoms with Crippen LogP contribution in [-0.4, -0.2) is 23.5 Å². The molecule has 8 heteroatoms. The topological polar surface area (TPSA) is 68.3 Å². The summed E-state index contributed by atoms with van der Waals surface area (Å²) in [6.07, 6.45) is -0.0174. The number of amides is 1. The minimum absolute atomic E-state index is 0.0174. The van der Waals surface area contributed by atoms with E-state index < -0.39 is 5.97 Å². The van der Waals surface area contributed by atoms with Gasteiger partial charge in [-0.3, -0.25) is 4.79 Å². The van der Waals surface area contributed by atoms with E-state index in [-0.39, 0.29) is 18.9 Å². The third-order valence-electron chi connectivity index (χ3n) is 4.11. The zero-order valence-corrected chi connectivity index (χ0v) is 17.9. The van der Waals surface area contributed by atoms with E-state index in [0.717, 1.165) is 16.6 Å². The highest BCUT2D eigenvalue weighted by molar-refractivity contribution is 7.21. The molecular weight excluding hydrogens is 419 g/mol. The van der Waals surface area contributed by atoms with E-state index in [4.69, 9.17) is 27.9 Å². The number of esters is 1. The SMILES string of the molecule is CCOC(=O)c1sc2nc(C)cc(C)c2c1NC(=O)Cc1c(Cl)cccc1Cl. The Labute approximate surface area is 176 Å². The molecule has 28 heavy (non-hydrogen) atoms. The highest BCUT2D eigenvalue weighted by atomic mass is 35.5. The molecule has 1 amide bonds. The molecule has 5 nitrogen and oxygen atoms in total. The van der Waals surface area contributed by atoms with Gasteiger partial charge in [0.1, 0.15) is 9.71 Å². The van der Waals surface area contributed by atoms with Crippen LogP contribution in [0.2, 0.25) is 10.0 Å². The Kier molecular flexibility index (Phi) is 6.23. The molecule has 146 valence electrons. The predicted octanol–water partition coefficient (Wildman–Crippen LogP) is 5.58. The van der Waals surface area contributed by atoms with Crippen molar-refractivity contribution in [1.29, 1.82) is 0 Å². The van der Waals surface area contributed by atoms with Gasteiger partial charge in [-0.05, 0) is 50.1 Å². The lowest BCUT2D eigenvalue weighted by molar-refractivity contribution is -0.115. The summed E-state index contributed by atoms with van der Waals surface area (Å²) in [7, 11) is 0. The number of anilines is 1. The fourth-order valence-corrected chi connectivity index (χ4v) is 4.62. The van der Waals surface area contributed by atoms with Crippen molar-refractivity contribution < 1.29 is 14.3 Å². The highest BCUT2D eigenvalue weighted by Gasteiger charge is 2.24. The fourth-order valence-electron chi connectivity index (χ4n) is 2.95. The van der Waals surface area contributed by atoms with Crippen LogP contribution in [0.4, 0.5) is 5.69 Å². The van der Waals surface area contributed by atoms with Gasteiger partial charge in [0.05, 0.1) is 18.7 Å². The fraction of sp³-hybridized carbons (Fsp3) is 0.250. The van der Waals surface area contributed by atoms with Crippen LogP contribution in [0.25, 0.3) is 10.2 Å². The number of pyridine rings is 1. The van der Waals surface area contributed by atoms with Gasteiger partial charge in [-0.1, -0.05) is 29.3 Å². The molecule has 0 bridgehead atoms. The Hall–Kier alpha value is -2.15. The number of aryl methyl sites for hydroxylation is 2. The van der Waals surface area contributed by atoms with Crippen LogP contribution in [0.15, 0.2) is 24.3 Å². The highest BCUT2D eigenvalue weighted by Crippen LogP contribution is 2.38. The summed E-state index contributed by atoms with van der Waals surface area (Å²) in [6, 6.07) is 6.98. The number of nitrogens with one attached hydrogen (secondary N) is 1. The molecule has 0 unspecified atom stereocenters. The first-order valence-corrected chi connectivity index (χ1v) is 10.2. The molecule has 2 aromatic heterocycles. The second kappa shape index (κ2) is 8.47. The monoisotopic (exact) mass is 436 g/mol. The van der Waals surface area contributed by atoms with Gasteiger partial charge in [-0.25, -0.2) is 9.78 Å². The standard InChI is InChI=1S/C20H18Cl2N2O3S/c1-4-27-20(26)18-17(16-10(2)8-11(3)23-19(16)28-18)24-15(25)9-12-13(21)6-5-7-14(12)22/h5-8H,4,9H2,1-3H3,(H,24,25). The van der Waals surface area contributed by atoms with Gasteiger partial charge in [-0.2, -0.15) is 0 Å². The number of hydrogen-bond donors (Lipinski definition) is 1. The van der Waals surface area contributed by atoms with Crippen LogP contribution >= 0.6 is 34.5 Å². The van der Waals surface area contributed by atoms with Crippen LogP contribution in [0.5, 0.6) is 0 Å². The molecule has 0 atom stereocenters. The van der Waals surface area contributed by atoms with Gasteiger partial charge in [0.2, 0.25) is 5.91 Å². The van der Waals surface area contributed by atoms with E-state index in [1.807, 2.05) is 19.9 Å². The number of hydrogen-bond acceptors (Lipinski definition) is 5. The average Bonchev–Trinajstić information content (AvgIpc) is 2.97. The molecule has 0 aliphatic heterocycles. The van der Waals surface area contributed by atoms with E-state index in [1.165, 1.54) is 11.3 Å². The smallest absolute Gasteiger partial charge is 0.350 e. The first-order valence-electron chi connectivity index (χ1n) is 8.62. The van der Waals surface area contributed by atoms with Crippen LogP contribution in [0.3, 0.4) is 0 Å². The molecule has 0 fully saturated rings. The van der Waals surface area contributed by atoms with Gasteiger partial charge < -0.3 is 10.1 Å². The van der Waals surface area contributed by atoms with Crippen molar-refractivity contribution in [2.24, 2.45) is 0 Å². The summed E-state index contributed by atoms with van der Waals surface area (Å²) in [5, 5.41) is 4.41. The van der Waals surface area contributed by atoms with Crippen molar-refractivity contribution in [2.45, 2.75) is 27.2 Å². The van der Waals surface area contributed by atoms with Gasteiger partial charge in [-0.15, -0.1) is 11.3 Å². The molecule has 0 radical (unpaired) electrons. The normalized spacial score (nSPS) is 10.9. The summed E-state index contributed by atoms with van der Waals surface area (Å²) < 4.78 is 5.16. The lowest BCUT2D eigenvalue weighted by Crippen LogP contribution is -2.17. The number of fused-ring (bicyclic) bond motifs is 1. The first-order chi connectivity index (χ1) is 13.3. The van der Waals surface area contributed by atoms with Crippen molar-refractivity contribution in [3.05, 3.63) is 56.0 Å². The van der Waals surface area contributed by atoms with E-state index in [1.54, 1.807) is 25.1 Å². The number of ether oxygens (including phenoxy) is 1. The van der Waals surface area contributed by atoms with Crippen molar-refractivity contribution in [3.8, 4) is 0 Å². The Morgan fingerprint density at radius 3 is 2.54 bits per heavy atom. The van der Waals surface area contributed by atoms with E-state index in [2.05, 4.69) is 10.3 Å². The molecular formula is C20H18Cl2N2O3S. The lowest BCUT2D eigenvalue weighted by atomic mass is 10.1. The second-order valence-electron chi connectivity index (χ2n) is 6.21. The average molecular weight is 437 g/mol. The van der Waals surface area contributed by atoms with E-state index in [0.29, 0.717) is 31.0 Å². The largest absolute Gasteiger partial charge is 0.462 e. The molecule has 3 aromatic rings. The molecule has 2 heterocycles. The number of thiophene rings is 1. The van der Waals surface area contributed by atoms with Gasteiger partial charge in [0.15, 0.2) is 0 Å². The van der Waals surface area contributed by atoms with E-state index in [9.17, 15) is 9.59 Å². The Morgan fingerprint density at radius 2 is 1.89 bits per heavy atom. The Bertz CT molecular complexity index is 1060. The zero-order chi connectivity index (χ0) is 20.4. The maximum Gasteiger partial charge on any atom is 0.350 e. The molecule has 0 aliphatic carbocycles. The Morgan fingerprint density at radius 1 is 1.21 bits per heavy atom. The predicted molar refractivity (Wildman–Crippen MR) is 114 cm³/mol. The number of carbonyl (C=O) groups is 2. The summed E-state index contributed by atoms with van der Waals surface area (Å²) in [4.78, 5) is 30.7. The van der Waals surface area contributed by atoms with Gasteiger partial charge in [0, 0.05) is 21.1 Å². The van der Waals surface area contributed by atoms with Crippen molar-refractivity contribution in [1.82, 2.24) is 4.98 Å². The number of carbonyl (C=O) groups excluding carboxylic acids is 2. The first kappa shape index (κ1) is 20.6. The lowest BCUT2D eigenvalue weighted by Gasteiger charge is -2.10. The molecule has 0 saturated carbocycles. The molecule has 0 aliphatic rings. The third-order valence-corrected chi connectivity index (χ3v) is 5.88. The number of halogens is 2. The van der Waals surface area contributed by atoms with E-state index >= 15 is 0 Å². The maximum atomic E-state index is 12.7. The molecule has 1 aromatic carbocycles. The second-order valence-corrected chi connectivity index (χ2v) is 8.03. The van der Waals surface area contributed by atoms with Gasteiger partial charge >= 0.3 is 5.97 Å². The molecule has 0 saturated heterocycles. The molecule has 1 N–H and O–H groups in total. The van der Waals surface area contributed by atoms with Crippen molar-refractivity contribution in [3.63, 3.8) is 0 Å². The summed E-state index contributed by atoms with van der Waals surface area (Å²) in [6.45, 7) is 5.77. The summed E-state index contributed by atoms with van der Waals surface area (Å²) in [5.74, 6) is -0.825. The van der Waals surface area contributed by atoms with Crippen LogP contribution in [-0.2, 0) is 16.0 Å². The summed E-state index contributed by atoms with van der Waals surface area (Å²) >= 11 is 13.5. The van der Waals surface area contributed by atoms with Crippen molar-refractivity contribution in [2.75, 3.05) is 11.9 Å². The van der Waals surface area contributed by atoms with Crippen molar-refractivity contribution >= 4 is 62.3 Å². The van der Waals surface area contributed by atoms with Crippen LogP contribution < -0.4 is 5.32 Å². The number of rotatable bonds is 5.